The number of nitriles is 1. The predicted octanol–water partition coefficient (Wildman–Crippen LogP) is 1.58. The first-order valence-electron chi connectivity index (χ1n) is 5.15. The van der Waals surface area contributed by atoms with Crippen LogP contribution in [0.15, 0.2) is 36.9 Å². The predicted molar refractivity (Wildman–Crippen MR) is 64.5 cm³/mol. The first-order valence-corrected chi connectivity index (χ1v) is 5.15. The number of amides is 1. The highest BCUT2D eigenvalue weighted by molar-refractivity contribution is 5.77. The zero-order valence-corrected chi connectivity index (χ0v) is 9.72. The molecule has 1 aromatic carbocycles. The van der Waals surface area contributed by atoms with E-state index in [1.165, 1.54) is 4.90 Å². The molecular formula is C13H14N2O2. The van der Waals surface area contributed by atoms with E-state index in [1.807, 2.05) is 6.07 Å². The molecule has 0 radical (unpaired) electrons. The van der Waals surface area contributed by atoms with E-state index in [0.29, 0.717) is 17.9 Å². The number of hydrogen-bond acceptors (Lipinski definition) is 3. The molecule has 0 fully saturated rings. The first kappa shape index (κ1) is 12.8. The van der Waals surface area contributed by atoms with Crippen LogP contribution in [0, 0.1) is 11.3 Å². The normalized spacial score (nSPS) is 9.18. The van der Waals surface area contributed by atoms with Gasteiger partial charge in [-0.15, -0.1) is 6.58 Å². The van der Waals surface area contributed by atoms with Gasteiger partial charge in [0.15, 0.2) is 6.61 Å². The van der Waals surface area contributed by atoms with Gasteiger partial charge in [0.1, 0.15) is 5.75 Å². The second-order valence-electron chi connectivity index (χ2n) is 3.49. The van der Waals surface area contributed by atoms with Gasteiger partial charge in [-0.2, -0.15) is 5.26 Å². The van der Waals surface area contributed by atoms with E-state index in [2.05, 4.69) is 6.58 Å². The number of likely N-dealkylation sites (N-methyl/N-ethyl adjacent to an activating group) is 1. The van der Waals surface area contributed by atoms with Crippen LogP contribution in [0.1, 0.15) is 5.56 Å². The van der Waals surface area contributed by atoms with E-state index < -0.39 is 0 Å². The number of hydrogen-bond donors (Lipinski definition) is 0. The molecule has 0 bridgehead atoms. The second-order valence-corrected chi connectivity index (χ2v) is 3.49. The van der Waals surface area contributed by atoms with Gasteiger partial charge in [0, 0.05) is 13.6 Å². The zero-order valence-electron chi connectivity index (χ0n) is 9.72. The van der Waals surface area contributed by atoms with Crippen LogP contribution in [0.5, 0.6) is 5.75 Å². The molecule has 0 N–H and O–H groups in total. The lowest BCUT2D eigenvalue weighted by Crippen LogP contribution is -2.31. The Morgan fingerprint density at radius 3 is 2.71 bits per heavy atom. The Morgan fingerprint density at radius 1 is 1.53 bits per heavy atom. The van der Waals surface area contributed by atoms with Crippen LogP contribution in [-0.4, -0.2) is 31.0 Å². The Morgan fingerprint density at radius 2 is 2.18 bits per heavy atom. The van der Waals surface area contributed by atoms with Crippen LogP contribution in [0.3, 0.4) is 0 Å². The van der Waals surface area contributed by atoms with Gasteiger partial charge in [0.25, 0.3) is 5.91 Å². The number of carbonyl (C=O) groups excluding carboxylic acids is 1. The summed E-state index contributed by atoms with van der Waals surface area (Å²) in [5.74, 6) is 0.457. The number of rotatable bonds is 5. The van der Waals surface area contributed by atoms with Crippen molar-refractivity contribution in [3.63, 3.8) is 0 Å². The number of ether oxygens (including phenoxy) is 1. The maximum absolute atomic E-state index is 11.5. The first-order chi connectivity index (χ1) is 8.17. The standard InChI is InChI=1S/C13H14N2O2/c1-3-8-15(2)13(16)10-17-12-6-4-11(9-14)5-7-12/h3-7H,1,8,10H2,2H3. The molecular weight excluding hydrogens is 216 g/mol. The van der Waals surface area contributed by atoms with Gasteiger partial charge >= 0.3 is 0 Å². The van der Waals surface area contributed by atoms with Gasteiger partial charge in [-0.3, -0.25) is 4.79 Å². The van der Waals surface area contributed by atoms with Crippen LogP contribution >= 0.6 is 0 Å². The molecule has 1 rings (SSSR count). The Bertz CT molecular complexity index is 432. The molecule has 0 aromatic heterocycles. The largest absolute Gasteiger partial charge is 0.484 e. The Balaban J connectivity index is 2.47. The highest BCUT2D eigenvalue weighted by Gasteiger charge is 2.07. The van der Waals surface area contributed by atoms with E-state index in [9.17, 15) is 4.79 Å². The molecule has 1 aromatic rings. The van der Waals surface area contributed by atoms with Crippen LogP contribution < -0.4 is 4.74 Å². The smallest absolute Gasteiger partial charge is 0.260 e. The van der Waals surface area contributed by atoms with Crippen molar-refractivity contribution in [1.29, 1.82) is 5.26 Å². The highest BCUT2D eigenvalue weighted by atomic mass is 16.5. The van der Waals surface area contributed by atoms with Crippen molar-refractivity contribution in [1.82, 2.24) is 4.90 Å². The van der Waals surface area contributed by atoms with Crippen molar-refractivity contribution in [3.8, 4) is 11.8 Å². The Labute approximate surface area is 101 Å². The third-order valence-electron chi connectivity index (χ3n) is 2.17. The summed E-state index contributed by atoms with van der Waals surface area (Å²) in [7, 11) is 1.69. The summed E-state index contributed by atoms with van der Waals surface area (Å²) in [5.41, 5.74) is 0.562. The average molecular weight is 230 g/mol. The van der Waals surface area contributed by atoms with Gasteiger partial charge in [-0.25, -0.2) is 0 Å². The highest BCUT2D eigenvalue weighted by Crippen LogP contribution is 2.11. The molecule has 0 aliphatic rings. The summed E-state index contributed by atoms with van der Waals surface area (Å²) in [4.78, 5) is 13.1. The number of nitrogens with zero attached hydrogens (tertiary/aromatic N) is 2. The summed E-state index contributed by atoms with van der Waals surface area (Å²) < 4.78 is 5.30. The lowest BCUT2D eigenvalue weighted by atomic mass is 10.2. The molecule has 4 heteroatoms. The summed E-state index contributed by atoms with van der Waals surface area (Å²) in [6, 6.07) is 8.64. The molecule has 0 saturated carbocycles. The fraction of sp³-hybridized carbons (Fsp3) is 0.231. The second kappa shape index (κ2) is 6.33. The van der Waals surface area contributed by atoms with E-state index in [-0.39, 0.29) is 12.5 Å². The molecule has 0 aliphatic carbocycles. The van der Waals surface area contributed by atoms with Crippen LogP contribution in [0.25, 0.3) is 0 Å². The topological polar surface area (TPSA) is 53.3 Å². The maximum Gasteiger partial charge on any atom is 0.260 e. The van der Waals surface area contributed by atoms with Gasteiger partial charge in [-0.05, 0) is 24.3 Å². The van der Waals surface area contributed by atoms with Crippen molar-refractivity contribution < 1.29 is 9.53 Å². The minimum atomic E-state index is -0.116. The van der Waals surface area contributed by atoms with Gasteiger partial charge < -0.3 is 9.64 Å². The summed E-state index contributed by atoms with van der Waals surface area (Å²) in [5, 5.41) is 8.62. The van der Waals surface area contributed by atoms with Crippen LogP contribution in [-0.2, 0) is 4.79 Å². The van der Waals surface area contributed by atoms with Crippen molar-refractivity contribution in [2.24, 2.45) is 0 Å². The molecule has 17 heavy (non-hydrogen) atoms. The minimum Gasteiger partial charge on any atom is -0.484 e. The SMILES string of the molecule is C=CCN(C)C(=O)COc1ccc(C#N)cc1. The Hall–Kier alpha value is -2.28. The lowest BCUT2D eigenvalue weighted by molar-refractivity contribution is -0.131. The molecule has 0 saturated heterocycles. The molecule has 0 heterocycles. The summed E-state index contributed by atoms with van der Waals surface area (Å²) >= 11 is 0. The minimum absolute atomic E-state index is 0.0176. The fourth-order valence-electron chi connectivity index (χ4n) is 1.18. The van der Waals surface area contributed by atoms with Gasteiger partial charge in [0.05, 0.1) is 11.6 Å². The molecule has 4 nitrogen and oxygen atoms in total. The van der Waals surface area contributed by atoms with Gasteiger partial charge in [0.2, 0.25) is 0 Å². The number of carbonyl (C=O) groups is 1. The molecule has 88 valence electrons. The molecule has 0 atom stereocenters. The third-order valence-corrected chi connectivity index (χ3v) is 2.17. The maximum atomic E-state index is 11.5. The monoisotopic (exact) mass is 230 g/mol. The van der Waals surface area contributed by atoms with E-state index >= 15 is 0 Å². The summed E-state index contributed by atoms with van der Waals surface area (Å²) in [6.07, 6.45) is 1.65. The molecule has 0 unspecified atom stereocenters. The quantitative estimate of drug-likeness (QED) is 0.722. The van der Waals surface area contributed by atoms with Crippen LogP contribution in [0.2, 0.25) is 0 Å². The lowest BCUT2D eigenvalue weighted by Gasteiger charge is -2.15. The van der Waals surface area contributed by atoms with Crippen molar-refractivity contribution in [3.05, 3.63) is 42.5 Å². The van der Waals surface area contributed by atoms with Crippen molar-refractivity contribution >= 4 is 5.91 Å². The molecule has 0 spiro atoms. The van der Waals surface area contributed by atoms with E-state index in [1.54, 1.807) is 37.4 Å². The molecule has 1 amide bonds. The van der Waals surface area contributed by atoms with Crippen molar-refractivity contribution in [2.45, 2.75) is 0 Å². The number of benzene rings is 1. The van der Waals surface area contributed by atoms with E-state index in [0.717, 1.165) is 0 Å². The summed E-state index contributed by atoms with van der Waals surface area (Å²) in [6.45, 7) is 4.03. The Kier molecular flexibility index (Phi) is 4.77. The fourth-order valence-corrected chi connectivity index (χ4v) is 1.18. The third kappa shape index (κ3) is 3.99. The zero-order chi connectivity index (χ0) is 12.7. The van der Waals surface area contributed by atoms with Crippen LogP contribution in [0.4, 0.5) is 0 Å². The van der Waals surface area contributed by atoms with E-state index in [4.69, 9.17) is 10.00 Å². The van der Waals surface area contributed by atoms with Crippen molar-refractivity contribution in [2.75, 3.05) is 20.2 Å². The average Bonchev–Trinajstić information content (AvgIpc) is 2.36. The van der Waals surface area contributed by atoms with Gasteiger partial charge in [-0.1, -0.05) is 6.08 Å². The molecule has 0 aliphatic heterocycles.